The van der Waals surface area contributed by atoms with E-state index in [0.29, 0.717) is 5.56 Å². The first kappa shape index (κ1) is 11.0. The minimum Gasteiger partial charge on any atom is -0.446 e. The van der Waals surface area contributed by atoms with Crippen molar-refractivity contribution in [2.75, 3.05) is 0 Å². The first-order valence-corrected chi connectivity index (χ1v) is 5.70. The van der Waals surface area contributed by atoms with Gasteiger partial charge in [-0.3, -0.25) is 0 Å². The number of fused-ring (bicyclic) bond motifs is 1. The van der Waals surface area contributed by atoms with Crippen molar-refractivity contribution in [2.45, 2.75) is 12.5 Å². The van der Waals surface area contributed by atoms with Crippen LogP contribution in [0.1, 0.15) is 28.4 Å². The second kappa shape index (κ2) is 3.67. The average Bonchev–Trinajstić information content (AvgIpc) is 2.64. The number of hydrogen-bond acceptors (Lipinski definition) is 2. The third-order valence-corrected chi connectivity index (χ3v) is 3.35. The van der Waals surface area contributed by atoms with Gasteiger partial charge in [0.15, 0.2) is 5.60 Å². The van der Waals surface area contributed by atoms with Crippen LogP contribution in [0, 0.1) is 5.82 Å². The van der Waals surface area contributed by atoms with Crippen LogP contribution in [0.3, 0.4) is 0 Å². The molecule has 0 spiro atoms. The van der Waals surface area contributed by atoms with E-state index in [2.05, 4.69) is 0 Å². The topological polar surface area (TPSA) is 26.3 Å². The lowest BCUT2D eigenvalue weighted by Crippen LogP contribution is -2.23. The minimum absolute atomic E-state index is 0.306. The molecule has 0 aliphatic carbocycles. The van der Waals surface area contributed by atoms with E-state index in [1.165, 1.54) is 12.1 Å². The Bertz CT molecular complexity index is 619. The van der Waals surface area contributed by atoms with Crippen molar-refractivity contribution in [2.24, 2.45) is 0 Å². The molecule has 0 bridgehead atoms. The number of cyclic esters (lactones) is 1. The molecule has 1 unspecified atom stereocenters. The van der Waals surface area contributed by atoms with Crippen LogP contribution in [-0.4, -0.2) is 5.97 Å². The van der Waals surface area contributed by atoms with Crippen LogP contribution in [0.5, 0.6) is 0 Å². The number of esters is 1. The fourth-order valence-electron chi connectivity index (χ4n) is 2.35. The van der Waals surface area contributed by atoms with E-state index in [-0.39, 0.29) is 11.8 Å². The molecule has 0 aromatic heterocycles. The van der Waals surface area contributed by atoms with Crippen molar-refractivity contribution in [1.82, 2.24) is 0 Å². The van der Waals surface area contributed by atoms with Gasteiger partial charge < -0.3 is 4.74 Å². The van der Waals surface area contributed by atoms with E-state index < -0.39 is 5.60 Å². The maximum absolute atomic E-state index is 13.0. The van der Waals surface area contributed by atoms with Gasteiger partial charge in [0, 0.05) is 11.1 Å². The maximum atomic E-state index is 13.0. The molecule has 0 saturated carbocycles. The summed E-state index contributed by atoms with van der Waals surface area (Å²) >= 11 is 0. The Labute approximate surface area is 104 Å². The van der Waals surface area contributed by atoms with Gasteiger partial charge in [-0.1, -0.05) is 30.3 Å². The summed E-state index contributed by atoms with van der Waals surface area (Å²) in [6.07, 6.45) is 0. The molecule has 18 heavy (non-hydrogen) atoms. The Morgan fingerprint density at radius 2 is 1.72 bits per heavy atom. The quantitative estimate of drug-likeness (QED) is 0.717. The van der Waals surface area contributed by atoms with Crippen LogP contribution in [-0.2, 0) is 10.3 Å². The minimum atomic E-state index is -0.832. The van der Waals surface area contributed by atoms with Crippen molar-refractivity contribution in [1.29, 1.82) is 0 Å². The number of hydrogen-bond donors (Lipinski definition) is 0. The third kappa shape index (κ3) is 1.44. The van der Waals surface area contributed by atoms with E-state index >= 15 is 0 Å². The largest absolute Gasteiger partial charge is 0.446 e. The van der Waals surface area contributed by atoms with Crippen LogP contribution >= 0.6 is 0 Å². The van der Waals surface area contributed by atoms with Gasteiger partial charge in [0.2, 0.25) is 0 Å². The zero-order valence-electron chi connectivity index (χ0n) is 9.81. The van der Waals surface area contributed by atoms with Crippen molar-refractivity contribution < 1.29 is 13.9 Å². The summed E-state index contributed by atoms with van der Waals surface area (Å²) in [4.78, 5) is 11.8. The first-order valence-electron chi connectivity index (χ1n) is 5.70. The fourth-order valence-corrected chi connectivity index (χ4v) is 2.35. The molecule has 1 heterocycles. The molecular weight excluding hydrogens is 231 g/mol. The Balaban J connectivity index is 2.17. The SMILES string of the molecule is CC1(c2ccc(F)cc2)OC(=O)c2ccccc21. The summed E-state index contributed by atoms with van der Waals surface area (Å²) in [7, 11) is 0. The molecule has 90 valence electrons. The lowest BCUT2D eigenvalue weighted by molar-refractivity contribution is 0.0180. The van der Waals surface area contributed by atoms with Gasteiger partial charge in [0.1, 0.15) is 5.82 Å². The molecule has 0 N–H and O–H groups in total. The number of ether oxygens (including phenoxy) is 1. The smallest absolute Gasteiger partial charge is 0.339 e. The van der Waals surface area contributed by atoms with Crippen LogP contribution in [0.2, 0.25) is 0 Å². The Morgan fingerprint density at radius 3 is 2.44 bits per heavy atom. The summed E-state index contributed by atoms with van der Waals surface area (Å²) in [6.45, 7) is 1.82. The highest BCUT2D eigenvalue weighted by molar-refractivity contribution is 5.95. The highest BCUT2D eigenvalue weighted by Gasteiger charge is 2.42. The predicted octanol–water partition coefficient (Wildman–Crippen LogP) is 3.26. The van der Waals surface area contributed by atoms with Crippen molar-refractivity contribution in [3.63, 3.8) is 0 Å². The lowest BCUT2D eigenvalue weighted by Gasteiger charge is -2.24. The molecule has 3 heteroatoms. The summed E-state index contributed by atoms with van der Waals surface area (Å²) in [5, 5.41) is 0. The maximum Gasteiger partial charge on any atom is 0.339 e. The molecule has 2 aromatic carbocycles. The number of carbonyl (C=O) groups excluding carboxylic acids is 1. The molecule has 3 rings (SSSR count). The first-order chi connectivity index (χ1) is 8.61. The van der Waals surface area contributed by atoms with Gasteiger partial charge in [-0.15, -0.1) is 0 Å². The van der Waals surface area contributed by atoms with Crippen LogP contribution < -0.4 is 0 Å². The highest BCUT2D eigenvalue weighted by atomic mass is 19.1. The van der Waals surface area contributed by atoms with Gasteiger partial charge in [-0.2, -0.15) is 0 Å². The Kier molecular flexibility index (Phi) is 2.23. The molecule has 0 amide bonds. The lowest BCUT2D eigenvalue weighted by atomic mass is 9.87. The second-order valence-electron chi connectivity index (χ2n) is 4.48. The number of rotatable bonds is 1. The molecule has 1 atom stereocenters. The normalized spacial score (nSPS) is 21.6. The van der Waals surface area contributed by atoms with Gasteiger partial charge in [-0.05, 0) is 25.1 Å². The summed E-state index contributed by atoms with van der Waals surface area (Å²) in [5.74, 6) is -0.641. The van der Waals surface area contributed by atoms with Crippen LogP contribution in [0.25, 0.3) is 0 Å². The third-order valence-electron chi connectivity index (χ3n) is 3.35. The van der Waals surface area contributed by atoms with Gasteiger partial charge in [-0.25, -0.2) is 9.18 Å². The summed E-state index contributed by atoms with van der Waals surface area (Å²) in [6, 6.07) is 13.3. The van der Waals surface area contributed by atoms with E-state index in [0.717, 1.165) is 11.1 Å². The van der Waals surface area contributed by atoms with E-state index in [1.807, 2.05) is 19.1 Å². The van der Waals surface area contributed by atoms with E-state index in [1.54, 1.807) is 24.3 Å². The van der Waals surface area contributed by atoms with Gasteiger partial charge >= 0.3 is 5.97 Å². The molecule has 2 aromatic rings. The zero-order valence-corrected chi connectivity index (χ0v) is 9.81. The predicted molar refractivity (Wildman–Crippen MR) is 64.7 cm³/mol. The number of benzene rings is 2. The second-order valence-corrected chi connectivity index (χ2v) is 4.48. The number of carbonyl (C=O) groups is 1. The van der Waals surface area contributed by atoms with Gasteiger partial charge in [0.05, 0.1) is 5.56 Å². The Hall–Kier alpha value is -2.16. The number of halogens is 1. The highest BCUT2D eigenvalue weighted by Crippen LogP contribution is 2.41. The molecule has 0 fully saturated rings. The fraction of sp³-hybridized carbons (Fsp3) is 0.133. The average molecular weight is 242 g/mol. The van der Waals surface area contributed by atoms with Crippen LogP contribution in [0.4, 0.5) is 4.39 Å². The van der Waals surface area contributed by atoms with Gasteiger partial charge in [0.25, 0.3) is 0 Å². The molecule has 1 aliphatic heterocycles. The molecule has 1 aliphatic rings. The molecule has 2 nitrogen and oxygen atoms in total. The monoisotopic (exact) mass is 242 g/mol. The molecule has 0 radical (unpaired) electrons. The van der Waals surface area contributed by atoms with E-state index in [9.17, 15) is 9.18 Å². The standard InChI is InChI=1S/C15H11FO2/c1-15(10-6-8-11(16)9-7-10)13-5-3-2-4-12(13)14(17)18-15/h2-9H,1H3. The van der Waals surface area contributed by atoms with Crippen molar-refractivity contribution >= 4 is 5.97 Å². The van der Waals surface area contributed by atoms with Crippen LogP contribution in [0.15, 0.2) is 48.5 Å². The van der Waals surface area contributed by atoms with Crippen molar-refractivity contribution in [3.05, 3.63) is 71.0 Å². The zero-order chi connectivity index (χ0) is 12.8. The van der Waals surface area contributed by atoms with E-state index in [4.69, 9.17) is 4.74 Å². The Morgan fingerprint density at radius 1 is 1.06 bits per heavy atom. The summed E-state index contributed by atoms with van der Waals surface area (Å²) in [5.41, 5.74) is 1.33. The summed E-state index contributed by atoms with van der Waals surface area (Å²) < 4.78 is 18.4. The molecule has 0 saturated heterocycles. The molecular formula is C15H11FO2. The van der Waals surface area contributed by atoms with Crippen molar-refractivity contribution in [3.8, 4) is 0 Å².